The molecule has 0 aliphatic heterocycles. The van der Waals surface area contributed by atoms with Crippen LogP contribution in [0.25, 0.3) is 11.5 Å². The topological polar surface area (TPSA) is 81.2 Å². The number of hydrogen-bond acceptors (Lipinski definition) is 6. The third kappa shape index (κ3) is 3.83. The second-order valence-electron chi connectivity index (χ2n) is 6.35. The lowest BCUT2D eigenvalue weighted by molar-refractivity contribution is -0.119. The molecule has 0 radical (unpaired) electrons. The Kier molecular flexibility index (Phi) is 4.79. The van der Waals surface area contributed by atoms with Crippen molar-refractivity contribution in [2.75, 3.05) is 5.75 Å². The van der Waals surface area contributed by atoms with Crippen molar-refractivity contribution in [1.29, 1.82) is 0 Å². The van der Waals surface area contributed by atoms with Gasteiger partial charge in [-0.25, -0.2) is 0 Å². The molecule has 0 bridgehead atoms. The average molecular weight is 369 g/mol. The molecule has 2 heterocycles. The van der Waals surface area contributed by atoms with Crippen LogP contribution in [0.2, 0.25) is 0 Å². The van der Waals surface area contributed by atoms with E-state index in [0.29, 0.717) is 17.0 Å². The van der Waals surface area contributed by atoms with Gasteiger partial charge in [0.1, 0.15) is 5.76 Å². The second kappa shape index (κ2) is 7.37. The minimum atomic E-state index is -0.0324. The van der Waals surface area contributed by atoms with Crippen molar-refractivity contribution in [3.05, 3.63) is 54.0 Å². The monoisotopic (exact) mass is 369 g/mol. The van der Waals surface area contributed by atoms with Crippen molar-refractivity contribution in [2.24, 2.45) is 5.92 Å². The second-order valence-corrected chi connectivity index (χ2v) is 7.27. The zero-order valence-electron chi connectivity index (χ0n) is 14.3. The van der Waals surface area contributed by atoms with Gasteiger partial charge in [0, 0.05) is 0 Å². The summed E-state index contributed by atoms with van der Waals surface area (Å²) in [6, 6.07) is 12.0. The number of furan rings is 1. The lowest BCUT2D eigenvalue weighted by atomic mass is 10.0. The van der Waals surface area contributed by atoms with Crippen molar-refractivity contribution in [1.82, 2.24) is 15.5 Å². The highest BCUT2D eigenvalue weighted by Gasteiger charge is 2.33. The van der Waals surface area contributed by atoms with Crippen LogP contribution in [-0.4, -0.2) is 21.9 Å². The van der Waals surface area contributed by atoms with Crippen LogP contribution in [0, 0.1) is 12.8 Å². The van der Waals surface area contributed by atoms with Crippen molar-refractivity contribution >= 4 is 17.7 Å². The minimum absolute atomic E-state index is 0.0324. The van der Waals surface area contributed by atoms with Gasteiger partial charge in [0.2, 0.25) is 5.91 Å². The maximum absolute atomic E-state index is 12.4. The lowest BCUT2D eigenvalue weighted by Crippen LogP contribution is -2.31. The van der Waals surface area contributed by atoms with Crippen LogP contribution in [0.3, 0.4) is 0 Å². The molecule has 2 aromatic heterocycles. The summed E-state index contributed by atoms with van der Waals surface area (Å²) < 4.78 is 10.9. The van der Waals surface area contributed by atoms with Crippen molar-refractivity contribution in [2.45, 2.75) is 31.0 Å². The molecule has 6 nitrogen and oxygen atoms in total. The van der Waals surface area contributed by atoms with Gasteiger partial charge in [0.15, 0.2) is 0 Å². The number of aryl methyl sites for hydroxylation is 1. The third-order valence-corrected chi connectivity index (χ3v) is 5.21. The molecule has 134 valence electrons. The van der Waals surface area contributed by atoms with E-state index in [4.69, 9.17) is 8.83 Å². The molecule has 1 unspecified atom stereocenters. The molecular formula is C19H19N3O3S. The number of hydrogen-bond donors (Lipinski definition) is 1. The molecule has 4 rings (SSSR count). The SMILES string of the molecule is Cc1occc1-c1nnc(SCC(=O)NC(c2ccccc2)C2CC2)o1. The number of nitrogens with zero attached hydrogens (tertiary/aromatic N) is 2. The summed E-state index contributed by atoms with van der Waals surface area (Å²) in [4.78, 5) is 12.4. The molecule has 1 aliphatic carbocycles. The zero-order valence-corrected chi connectivity index (χ0v) is 15.2. The number of carbonyl (C=O) groups excluding carboxylic acids is 1. The maximum atomic E-state index is 12.4. The van der Waals surface area contributed by atoms with E-state index in [9.17, 15) is 4.79 Å². The Balaban J connectivity index is 1.35. The summed E-state index contributed by atoms with van der Waals surface area (Å²) in [6.07, 6.45) is 3.89. The van der Waals surface area contributed by atoms with Crippen molar-refractivity contribution in [3.63, 3.8) is 0 Å². The van der Waals surface area contributed by atoms with Crippen LogP contribution in [0.15, 0.2) is 56.7 Å². The van der Waals surface area contributed by atoms with Gasteiger partial charge < -0.3 is 14.2 Å². The Bertz CT molecular complexity index is 886. The van der Waals surface area contributed by atoms with Gasteiger partial charge in [0.25, 0.3) is 11.1 Å². The van der Waals surface area contributed by atoms with Crippen molar-refractivity contribution < 1.29 is 13.6 Å². The molecule has 1 N–H and O–H groups in total. The molecule has 1 aliphatic rings. The molecule has 26 heavy (non-hydrogen) atoms. The van der Waals surface area contributed by atoms with Crippen LogP contribution in [0.5, 0.6) is 0 Å². The summed E-state index contributed by atoms with van der Waals surface area (Å²) in [5.41, 5.74) is 1.93. The highest BCUT2D eigenvalue weighted by atomic mass is 32.2. The summed E-state index contributed by atoms with van der Waals surface area (Å²) in [5.74, 6) is 1.86. The normalized spacial score (nSPS) is 15.0. The number of thioether (sulfide) groups is 1. The van der Waals surface area contributed by atoms with Gasteiger partial charge in [-0.05, 0) is 37.3 Å². The van der Waals surface area contributed by atoms with E-state index in [0.717, 1.165) is 29.7 Å². The predicted octanol–water partition coefficient (Wildman–Crippen LogP) is 4.00. The number of carbonyl (C=O) groups is 1. The van der Waals surface area contributed by atoms with Crippen LogP contribution < -0.4 is 5.32 Å². The molecule has 1 atom stereocenters. The molecule has 1 aromatic carbocycles. The molecule has 7 heteroatoms. The van der Waals surface area contributed by atoms with Gasteiger partial charge in [-0.3, -0.25) is 4.79 Å². The standard InChI is InChI=1S/C19H19N3O3S/c1-12-15(9-10-24-12)18-21-22-19(25-18)26-11-16(23)20-17(14-7-8-14)13-5-3-2-4-6-13/h2-6,9-10,14,17H,7-8,11H2,1H3,(H,20,23). The third-order valence-electron chi connectivity index (χ3n) is 4.39. The van der Waals surface area contributed by atoms with E-state index in [1.165, 1.54) is 11.8 Å². The molecule has 0 saturated heterocycles. The Morgan fingerprint density at radius 1 is 1.27 bits per heavy atom. The Morgan fingerprint density at radius 3 is 2.77 bits per heavy atom. The van der Waals surface area contributed by atoms with Gasteiger partial charge >= 0.3 is 0 Å². The molecule has 3 aromatic rings. The van der Waals surface area contributed by atoms with Crippen LogP contribution in [0.1, 0.15) is 30.2 Å². The summed E-state index contributed by atoms with van der Waals surface area (Å²) >= 11 is 1.24. The van der Waals surface area contributed by atoms with Crippen LogP contribution in [0.4, 0.5) is 0 Å². The summed E-state index contributed by atoms with van der Waals surface area (Å²) in [5, 5.41) is 11.5. The van der Waals surface area contributed by atoms with E-state index in [1.807, 2.05) is 25.1 Å². The fourth-order valence-electron chi connectivity index (χ4n) is 2.89. The summed E-state index contributed by atoms with van der Waals surface area (Å²) in [6.45, 7) is 1.83. The lowest BCUT2D eigenvalue weighted by Gasteiger charge is -2.18. The van der Waals surface area contributed by atoms with E-state index >= 15 is 0 Å². The number of aromatic nitrogens is 2. The Hall–Kier alpha value is -2.54. The maximum Gasteiger partial charge on any atom is 0.277 e. The first-order chi connectivity index (χ1) is 12.7. The Morgan fingerprint density at radius 2 is 2.08 bits per heavy atom. The van der Waals surface area contributed by atoms with E-state index < -0.39 is 0 Å². The fourth-order valence-corrected chi connectivity index (χ4v) is 3.46. The summed E-state index contributed by atoms with van der Waals surface area (Å²) in [7, 11) is 0. The quantitative estimate of drug-likeness (QED) is 0.634. The van der Waals surface area contributed by atoms with Gasteiger partial charge in [-0.2, -0.15) is 0 Å². The van der Waals surface area contributed by atoms with Gasteiger partial charge in [-0.1, -0.05) is 42.1 Å². The highest BCUT2D eigenvalue weighted by molar-refractivity contribution is 7.99. The first-order valence-corrected chi connectivity index (χ1v) is 9.54. The molecular weight excluding hydrogens is 350 g/mol. The van der Waals surface area contributed by atoms with Gasteiger partial charge in [-0.15, -0.1) is 10.2 Å². The predicted molar refractivity (Wildman–Crippen MR) is 97.5 cm³/mol. The first kappa shape index (κ1) is 16.9. The van der Waals surface area contributed by atoms with Crippen molar-refractivity contribution in [3.8, 4) is 11.5 Å². The molecule has 1 amide bonds. The first-order valence-electron chi connectivity index (χ1n) is 8.56. The number of rotatable bonds is 7. The number of benzene rings is 1. The largest absolute Gasteiger partial charge is 0.469 e. The molecule has 1 fully saturated rings. The average Bonchev–Trinajstić information content (AvgIpc) is 3.24. The van der Waals surface area contributed by atoms with E-state index in [-0.39, 0.29) is 17.7 Å². The zero-order chi connectivity index (χ0) is 17.9. The minimum Gasteiger partial charge on any atom is -0.469 e. The van der Waals surface area contributed by atoms with E-state index in [1.54, 1.807) is 12.3 Å². The molecule has 0 spiro atoms. The van der Waals surface area contributed by atoms with Crippen LogP contribution >= 0.6 is 11.8 Å². The smallest absolute Gasteiger partial charge is 0.277 e. The number of amides is 1. The van der Waals surface area contributed by atoms with E-state index in [2.05, 4.69) is 27.6 Å². The Labute approximate surface area is 155 Å². The van der Waals surface area contributed by atoms with Gasteiger partial charge in [0.05, 0.1) is 23.6 Å². The number of nitrogens with one attached hydrogen (secondary N) is 1. The van der Waals surface area contributed by atoms with Crippen LogP contribution in [-0.2, 0) is 4.79 Å². The highest BCUT2D eigenvalue weighted by Crippen LogP contribution is 2.41. The molecule has 1 saturated carbocycles. The fraction of sp³-hybridized carbons (Fsp3) is 0.316.